The van der Waals surface area contributed by atoms with E-state index >= 15 is 0 Å². The molecule has 1 aromatic heterocycles. The lowest BCUT2D eigenvalue weighted by Crippen LogP contribution is -2.47. The zero-order valence-electron chi connectivity index (χ0n) is 11.0. The molecule has 4 nitrogen and oxygen atoms in total. The zero-order chi connectivity index (χ0) is 13.7. The second-order valence-electron chi connectivity index (χ2n) is 4.65. The normalized spacial score (nSPS) is 18.2. The summed E-state index contributed by atoms with van der Waals surface area (Å²) in [5, 5.41) is 0. The topological polar surface area (TPSA) is 48.4 Å². The first-order chi connectivity index (χ1) is 9.16. The van der Waals surface area contributed by atoms with Crippen molar-refractivity contribution in [2.24, 2.45) is 0 Å². The zero-order valence-corrected chi connectivity index (χ0v) is 12.6. The van der Waals surface area contributed by atoms with E-state index in [2.05, 4.69) is 20.9 Å². The minimum absolute atomic E-state index is 0.123. The summed E-state index contributed by atoms with van der Waals surface area (Å²) < 4.78 is 12.0. The van der Waals surface area contributed by atoms with Gasteiger partial charge < -0.3 is 9.47 Å². The van der Waals surface area contributed by atoms with Crippen molar-refractivity contribution in [3.05, 3.63) is 28.5 Å². The SMILES string of the molecule is CCOC1(C(=O)Cc2cncc(Br)c2)CCOCC1. The highest BCUT2D eigenvalue weighted by atomic mass is 79.9. The third-order valence-corrected chi connectivity index (χ3v) is 3.79. The Morgan fingerprint density at radius 1 is 1.47 bits per heavy atom. The first-order valence-electron chi connectivity index (χ1n) is 6.51. The summed E-state index contributed by atoms with van der Waals surface area (Å²) in [7, 11) is 0. The maximum Gasteiger partial charge on any atom is 0.169 e. The molecule has 0 aliphatic carbocycles. The van der Waals surface area contributed by atoms with E-state index in [1.165, 1.54) is 0 Å². The summed E-state index contributed by atoms with van der Waals surface area (Å²) in [6.45, 7) is 3.64. The number of carbonyl (C=O) groups excluding carboxylic acids is 1. The van der Waals surface area contributed by atoms with E-state index in [1.54, 1.807) is 12.4 Å². The number of nitrogens with zero attached hydrogens (tertiary/aromatic N) is 1. The van der Waals surface area contributed by atoms with Crippen molar-refractivity contribution in [2.75, 3.05) is 19.8 Å². The Kier molecular flexibility index (Phi) is 5.07. The van der Waals surface area contributed by atoms with Crippen molar-refractivity contribution in [3.63, 3.8) is 0 Å². The number of halogens is 1. The second-order valence-corrected chi connectivity index (χ2v) is 5.57. The fourth-order valence-electron chi connectivity index (χ4n) is 2.38. The van der Waals surface area contributed by atoms with Crippen LogP contribution in [0.3, 0.4) is 0 Å². The van der Waals surface area contributed by atoms with Gasteiger partial charge in [-0.2, -0.15) is 0 Å². The van der Waals surface area contributed by atoms with Gasteiger partial charge in [0.1, 0.15) is 5.60 Å². The summed E-state index contributed by atoms with van der Waals surface area (Å²) >= 11 is 3.37. The molecule has 0 spiro atoms. The summed E-state index contributed by atoms with van der Waals surface area (Å²) in [6.07, 6.45) is 5.07. The number of ether oxygens (including phenoxy) is 2. The van der Waals surface area contributed by atoms with Crippen LogP contribution in [0.1, 0.15) is 25.3 Å². The van der Waals surface area contributed by atoms with Crippen molar-refractivity contribution < 1.29 is 14.3 Å². The highest BCUT2D eigenvalue weighted by Crippen LogP contribution is 2.28. The Morgan fingerprint density at radius 3 is 2.84 bits per heavy atom. The molecule has 5 heteroatoms. The van der Waals surface area contributed by atoms with Gasteiger partial charge >= 0.3 is 0 Å². The van der Waals surface area contributed by atoms with Crippen LogP contribution in [0.5, 0.6) is 0 Å². The molecular weight excluding hydrogens is 310 g/mol. The van der Waals surface area contributed by atoms with Crippen molar-refractivity contribution >= 4 is 21.7 Å². The molecule has 0 amide bonds. The smallest absolute Gasteiger partial charge is 0.169 e. The molecule has 0 atom stereocenters. The molecule has 1 aromatic rings. The van der Waals surface area contributed by atoms with Gasteiger partial charge in [-0.3, -0.25) is 9.78 Å². The summed E-state index contributed by atoms with van der Waals surface area (Å²) in [5.41, 5.74) is 0.236. The van der Waals surface area contributed by atoms with Crippen LogP contribution in [0, 0.1) is 0 Å². The van der Waals surface area contributed by atoms with Crippen LogP contribution in [-0.2, 0) is 20.7 Å². The minimum atomic E-state index is -0.671. The molecule has 0 radical (unpaired) electrons. The molecule has 19 heavy (non-hydrogen) atoms. The van der Waals surface area contributed by atoms with Crippen molar-refractivity contribution in [1.82, 2.24) is 4.98 Å². The molecule has 1 saturated heterocycles. The molecule has 1 aliphatic rings. The average molecular weight is 328 g/mol. The number of hydrogen-bond donors (Lipinski definition) is 0. The minimum Gasteiger partial charge on any atom is -0.381 e. The Morgan fingerprint density at radius 2 is 2.21 bits per heavy atom. The maximum atomic E-state index is 12.6. The van der Waals surface area contributed by atoms with Gasteiger partial charge in [0.05, 0.1) is 0 Å². The Bertz CT molecular complexity index is 439. The largest absolute Gasteiger partial charge is 0.381 e. The van der Waals surface area contributed by atoms with E-state index in [0.717, 1.165) is 10.0 Å². The second kappa shape index (κ2) is 6.59. The summed E-state index contributed by atoms with van der Waals surface area (Å²) in [5.74, 6) is 0.123. The van der Waals surface area contributed by atoms with Gasteiger partial charge in [0.2, 0.25) is 0 Å². The Hall–Kier alpha value is -0.780. The van der Waals surface area contributed by atoms with E-state index in [4.69, 9.17) is 9.47 Å². The first-order valence-corrected chi connectivity index (χ1v) is 7.30. The van der Waals surface area contributed by atoms with Crippen molar-refractivity contribution in [3.8, 4) is 0 Å². The van der Waals surface area contributed by atoms with Gasteiger partial charge in [0.25, 0.3) is 0 Å². The van der Waals surface area contributed by atoms with Crippen LogP contribution in [0.15, 0.2) is 22.9 Å². The van der Waals surface area contributed by atoms with Gasteiger partial charge in [-0.25, -0.2) is 0 Å². The molecular formula is C14H18BrNO3. The first kappa shape index (κ1) is 14.6. The molecule has 1 fully saturated rings. The lowest BCUT2D eigenvalue weighted by molar-refractivity contribution is -0.156. The van der Waals surface area contributed by atoms with Crippen molar-refractivity contribution in [1.29, 1.82) is 0 Å². The molecule has 104 valence electrons. The Labute approximate surface area is 121 Å². The van der Waals surface area contributed by atoms with E-state index < -0.39 is 5.60 Å². The molecule has 2 heterocycles. The Balaban J connectivity index is 2.11. The van der Waals surface area contributed by atoms with Gasteiger partial charge in [-0.15, -0.1) is 0 Å². The lowest BCUT2D eigenvalue weighted by Gasteiger charge is -2.35. The van der Waals surface area contributed by atoms with Crippen molar-refractivity contribution in [2.45, 2.75) is 31.8 Å². The number of carbonyl (C=O) groups is 1. The molecule has 0 N–H and O–H groups in total. The third kappa shape index (κ3) is 3.61. The highest BCUT2D eigenvalue weighted by Gasteiger charge is 2.40. The van der Waals surface area contributed by atoms with Crippen LogP contribution in [0.4, 0.5) is 0 Å². The number of hydrogen-bond acceptors (Lipinski definition) is 4. The van der Waals surface area contributed by atoms with E-state index in [9.17, 15) is 4.79 Å². The molecule has 0 saturated carbocycles. The molecule has 0 aromatic carbocycles. The van der Waals surface area contributed by atoms with E-state index in [-0.39, 0.29) is 5.78 Å². The van der Waals surface area contributed by atoms with Crippen LogP contribution in [0.25, 0.3) is 0 Å². The van der Waals surface area contributed by atoms with E-state index in [0.29, 0.717) is 39.1 Å². The van der Waals surface area contributed by atoms with Gasteiger partial charge in [0.15, 0.2) is 5.78 Å². The van der Waals surface area contributed by atoms with Gasteiger partial charge in [-0.05, 0) is 34.5 Å². The van der Waals surface area contributed by atoms with Crippen LogP contribution in [-0.4, -0.2) is 36.2 Å². The monoisotopic (exact) mass is 327 g/mol. The predicted molar refractivity (Wildman–Crippen MR) is 75.1 cm³/mol. The summed E-state index contributed by atoms with van der Waals surface area (Å²) in [6, 6.07) is 1.92. The van der Waals surface area contributed by atoms with Crippen LogP contribution >= 0.6 is 15.9 Å². The highest BCUT2D eigenvalue weighted by molar-refractivity contribution is 9.10. The average Bonchev–Trinajstić information content (AvgIpc) is 2.40. The van der Waals surface area contributed by atoms with Gasteiger partial charge in [0, 0.05) is 55.9 Å². The van der Waals surface area contributed by atoms with Gasteiger partial charge in [-0.1, -0.05) is 0 Å². The predicted octanol–water partition coefficient (Wildman–Crippen LogP) is 2.54. The summed E-state index contributed by atoms with van der Waals surface area (Å²) in [4.78, 5) is 16.7. The molecule has 0 bridgehead atoms. The third-order valence-electron chi connectivity index (χ3n) is 3.36. The lowest BCUT2D eigenvalue weighted by atomic mass is 9.86. The number of rotatable bonds is 5. The number of ketones is 1. The fraction of sp³-hybridized carbons (Fsp3) is 0.571. The van der Waals surface area contributed by atoms with Crippen LogP contribution in [0.2, 0.25) is 0 Å². The number of Topliss-reactive ketones (excluding diaryl/α,β-unsaturated/α-hetero) is 1. The molecule has 2 rings (SSSR count). The molecule has 1 aliphatic heterocycles. The van der Waals surface area contributed by atoms with E-state index in [1.807, 2.05) is 13.0 Å². The molecule has 0 unspecified atom stereocenters. The maximum absolute atomic E-state index is 12.6. The standard InChI is InChI=1S/C14H18BrNO3/c1-2-19-14(3-5-18-6-4-14)13(17)8-11-7-12(15)10-16-9-11/h7,9-10H,2-6,8H2,1H3. The van der Waals surface area contributed by atoms with Crippen LogP contribution < -0.4 is 0 Å². The fourth-order valence-corrected chi connectivity index (χ4v) is 2.79. The number of aromatic nitrogens is 1. The number of pyridine rings is 1. The quantitative estimate of drug-likeness (QED) is 0.833.